The average molecular weight is 488 g/mol. The second-order valence-electron chi connectivity index (χ2n) is 6.39. The van der Waals surface area contributed by atoms with E-state index in [1.165, 1.54) is 15.6 Å². The fraction of sp³-hybridized carbons (Fsp3) is 0.0909. The molecule has 0 saturated carbocycles. The van der Waals surface area contributed by atoms with E-state index in [1.54, 1.807) is 31.4 Å². The summed E-state index contributed by atoms with van der Waals surface area (Å²) < 4.78 is 35.6. The molecule has 3 aromatic carbocycles. The average Bonchev–Trinajstić information content (AvgIpc) is 3.09. The maximum atomic E-state index is 13.6. The highest BCUT2D eigenvalue weighted by molar-refractivity contribution is 9.10. The molecular weight excluding hydrogens is 470 g/mol. The largest absolute Gasteiger partial charge is 0.497 e. The van der Waals surface area contributed by atoms with E-state index in [0.29, 0.717) is 5.00 Å². The van der Waals surface area contributed by atoms with Crippen LogP contribution in [0.4, 0.5) is 5.00 Å². The second-order valence-corrected chi connectivity index (χ2v) is 10.1. The molecule has 148 valence electrons. The van der Waals surface area contributed by atoms with E-state index in [2.05, 4.69) is 15.9 Å². The summed E-state index contributed by atoms with van der Waals surface area (Å²) >= 11 is 5.09. The van der Waals surface area contributed by atoms with Crippen molar-refractivity contribution >= 4 is 52.4 Å². The topological polar surface area (TPSA) is 46.6 Å². The van der Waals surface area contributed by atoms with Crippen LogP contribution in [0.1, 0.15) is 5.56 Å². The molecule has 4 aromatic rings. The van der Waals surface area contributed by atoms with Crippen LogP contribution < -0.4 is 9.04 Å². The van der Waals surface area contributed by atoms with Gasteiger partial charge in [-0.2, -0.15) is 0 Å². The summed E-state index contributed by atoms with van der Waals surface area (Å²) in [5.41, 5.74) is 0.870. The highest BCUT2D eigenvalue weighted by Gasteiger charge is 2.29. The fourth-order valence-electron chi connectivity index (χ4n) is 3.04. The third kappa shape index (κ3) is 3.90. The zero-order chi connectivity index (χ0) is 20.4. The van der Waals surface area contributed by atoms with E-state index in [1.807, 2.05) is 54.6 Å². The Balaban J connectivity index is 1.85. The molecule has 0 unspecified atom stereocenters. The molecule has 0 amide bonds. The van der Waals surface area contributed by atoms with Gasteiger partial charge in [0.15, 0.2) is 0 Å². The molecule has 7 heteroatoms. The Hall–Kier alpha value is -2.35. The Morgan fingerprint density at radius 2 is 1.59 bits per heavy atom. The van der Waals surface area contributed by atoms with Crippen molar-refractivity contribution in [2.75, 3.05) is 11.4 Å². The van der Waals surface area contributed by atoms with Gasteiger partial charge in [-0.05, 0) is 51.8 Å². The van der Waals surface area contributed by atoms with Crippen LogP contribution in [0.2, 0.25) is 0 Å². The van der Waals surface area contributed by atoms with Gasteiger partial charge in [0.1, 0.15) is 10.8 Å². The standard InChI is InChI=1S/C22H18BrNO3S2/c1-27-17-13-11-16(12-14-17)15-24(29(25,26)18-7-3-2-4-8-18)22-21(23)19-9-5-6-10-20(19)28-22/h2-14H,15H2,1H3. The van der Waals surface area contributed by atoms with Gasteiger partial charge < -0.3 is 4.74 Å². The van der Waals surface area contributed by atoms with Gasteiger partial charge in [-0.1, -0.05) is 48.5 Å². The van der Waals surface area contributed by atoms with Crippen LogP contribution in [0.15, 0.2) is 88.2 Å². The molecule has 0 bridgehead atoms. The Labute approximate surface area is 182 Å². The SMILES string of the molecule is COc1ccc(CN(c2sc3ccccc3c2Br)S(=O)(=O)c2ccccc2)cc1. The Kier molecular flexibility index (Phi) is 5.63. The summed E-state index contributed by atoms with van der Waals surface area (Å²) in [6.45, 7) is 0.215. The van der Waals surface area contributed by atoms with Crippen LogP contribution in [0, 0.1) is 0 Å². The van der Waals surface area contributed by atoms with E-state index in [0.717, 1.165) is 25.9 Å². The number of sulfonamides is 1. The lowest BCUT2D eigenvalue weighted by molar-refractivity contribution is 0.414. The molecule has 4 nitrogen and oxygen atoms in total. The highest BCUT2D eigenvalue weighted by Crippen LogP contribution is 2.44. The van der Waals surface area contributed by atoms with Gasteiger partial charge in [0.05, 0.1) is 23.0 Å². The van der Waals surface area contributed by atoms with Gasteiger partial charge >= 0.3 is 0 Å². The molecule has 0 N–H and O–H groups in total. The van der Waals surface area contributed by atoms with E-state index >= 15 is 0 Å². The molecule has 0 radical (unpaired) electrons. The number of rotatable bonds is 6. The Bertz CT molecular complexity index is 1240. The van der Waals surface area contributed by atoms with Crippen molar-refractivity contribution in [1.82, 2.24) is 0 Å². The normalized spacial score (nSPS) is 11.5. The first-order valence-corrected chi connectivity index (χ1v) is 11.9. The van der Waals surface area contributed by atoms with Crippen LogP contribution in [0.25, 0.3) is 10.1 Å². The molecule has 0 aliphatic carbocycles. The minimum absolute atomic E-state index is 0.215. The van der Waals surface area contributed by atoms with Crippen LogP contribution in [-0.4, -0.2) is 15.5 Å². The summed E-state index contributed by atoms with van der Waals surface area (Å²) in [6, 6.07) is 23.8. The molecule has 0 atom stereocenters. The Morgan fingerprint density at radius 1 is 0.931 bits per heavy atom. The van der Waals surface area contributed by atoms with Crippen LogP contribution in [0.5, 0.6) is 5.75 Å². The van der Waals surface area contributed by atoms with Crippen molar-refractivity contribution in [3.8, 4) is 5.75 Å². The van der Waals surface area contributed by atoms with Crippen molar-refractivity contribution in [2.45, 2.75) is 11.4 Å². The van der Waals surface area contributed by atoms with Gasteiger partial charge in [-0.25, -0.2) is 8.42 Å². The van der Waals surface area contributed by atoms with Crippen LogP contribution in [0.3, 0.4) is 0 Å². The maximum absolute atomic E-state index is 13.6. The van der Waals surface area contributed by atoms with Crippen molar-refractivity contribution in [3.63, 3.8) is 0 Å². The third-order valence-corrected chi connectivity index (χ3v) is 8.70. The number of ether oxygens (including phenoxy) is 1. The lowest BCUT2D eigenvalue weighted by atomic mass is 10.2. The van der Waals surface area contributed by atoms with Gasteiger partial charge in [0.2, 0.25) is 0 Å². The van der Waals surface area contributed by atoms with Crippen molar-refractivity contribution in [3.05, 3.63) is 88.9 Å². The van der Waals surface area contributed by atoms with Crippen LogP contribution >= 0.6 is 27.3 Å². The van der Waals surface area contributed by atoms with E-state index < -0.39 is 10.0 Å². The Morgan fingerprint density at radius 3 is 2.24 bits per heavy atom. The quantitative estimate of drug-likeness (QED) is 0.331. The van der Waals surface area contributed by atoms with Crippen molar-refractivity contribution < 1.29 is 13.2 Å². The number of fused-ring (bicyclic) bond motifs is 1. The number of benzene rings is 3. The van der Waals surface area contributed by atoms with Gasteiger partial charge in [0, 0.05) is 10.1 Å². The zero-order valence-corrected chi connectivity index (χ0v) is 18.8. The number of hydrogen-bond acceptors (Lipinski definition) is 4. The number of hydrogen-bond donors (Lipinski definition) is 0. The summed E-state index contributed by atoms with van der Waals surface area (Å²) in [5.74, 6) is 0.731. The predicted molar refractivity (Wildman–Crippen MR) is 122 cm³/mol. The van der Waals surface area contributed by atoms with Crippen molar-refractivity contribution in [2.24, 2.45) is 0 Å². The van der Waals surface area contributed by atoms with E-state index in [4.69, 9.17) is 4.74 Å². The smallest absolute Gasteiger partial charge is 0.265 e. The summed E-state index contributed by atoms with van der Waals surface area (Å²) in [7, 11) is -2.15. The van der Waals surface area contributed by atoms with Gasteiger partial charge in [-0.15, -0.1) is 11.3 Å². The molecule has 4 rings (SSSR count). The van der Waals surface area contributed by atoms with E-state index in [9.17, 15) is 8.42 Å². The molecular formula is C22H18BrNO3S2. The number of anilines is 1. The summed E-state index contributed by atoms with van der Waals surface area (Å²) in [6.07, 6.45) is 0. The third-order valence-electron chi connectivity index (χ3n) is 4.56. The summed E-state index contributed by atoms with van der Waals surface area (Å²) in [4.78, 5) is 0.262. The first-order valence-electron chi connectivity index (χ1n) is 8.88. The van der Waals surface area contributed by atoms with Crippen LogP contribution in [-0.2, 0) is 16.6 Å². The lowest BCUT2D eigenvalue weighted by Crippen LogP contribution is -2.30. The molecule has 0 aliphatic rings. The minimum Gasteiger partial charge on any atom is -0.497 e. The van der Waals surface area contributed by atoms with E-state index in [-0.39, 0.29) is 11.4 Å². The molecule has 29 heavy (non-hydrogen) atoms. The minimum atomic E-state index is -3.76. The number of halogens is 1. The number of thiophene rings is 1. The zero-order valence-electron chi connectivity index (χ0n) is 15.6. The molecule has 0 fully saturated rings. The molecule has 0 saturated heterocycles. The predicted octanol–water partition coefficient (Wildman–Crippen LogP) is 6.07. The van der Waals surface area contributed by atoms with Crippen molar-refractivity contribution in [1.29, 1.82) is 0 Å². The molecule has 1 heterocycles. The van der Waals surface area contributed by atoms with Gasteiger partial charge in [-0.3, -0.25) is 4.31 Å². The monoisotopic (exact) mass is 487 g/mol. The number of nitrogens with zero attached hydrogens (tertiary/aromatic N) is 1. The molecule has 0 spiro atoms. The number of methoxy groups -OCH3 is 1. The van der Waals surface area contributed by atoms with Gasteiger partial charge in [0.25, 0.3) is 10.0 Å². The fourth-order valence-corrected chi connectivity index (χ4v) is 6.89. The second kappa shape index (κ2) is 8.18. The highest BCUT2D eigenvalue weighted by atomic mass is 79.9. The first kappa shape index (κ1) is 19.9. The molecule has 1 aromatic heterocycles. The maximum Gasteiger partial charge on any atom is 0.265 e. The summed E-state index contributed by atoms with van der Waals surface area (Å²) in [5, 5.41) is 1.65. The lowest BCUT2D eigenvalue weighted by Gasteiger charge is -2.24. The first-order chi connectivity index (χ1) is 14.0. The molecule has 0 aliphatic heterocycles.